The van der Waals surface area contributed by atoms with Gasteiger partial charge in [0.05, 0.1) is 0 Å². The number of hydrogen-bond donors (Lipinski definition) is 2. The van der Waals surface area contributed by atoms with Crippen molar-refractivity contribution >= 4 is 37.7 Å². The Morgan fingerprint density at radius 1 is 0.778 bits per heavy atom. The molecule has 0 aromatic heterocycles. The molecule has 2 N–H and O–H groups in total. The van der Waals surface area contributed by atoms with Gasteiger partial charge in [-0.1, -0.05) is 60.7 Å². The van der Waals surface area contributed by atoms with Gasteiger partial charge in [-0.15, -0.1) is 0 Å². The standard InChI is InChI=1S/C29H33O15P/c1-17(30)38-16-24(39-18(2)31)25-26(40-19(3)32)27(41-20(4)33)28(42-21(5)34,22-12-8-6-9-13-22)29(43-25,44-45(35,36)37)23-14-10-7-11-15-23/h6-15,24-27H,16H2,1-5H3,(H2,35,36,37)/t24-,25+,26+,27-,28-,29+/m0/s1. The van der Waals surface area contributed by atoms with Gasteiger partial charge in [-0.2, -0.15) is 0 Å². The lowest BCUT2D eigenvalue weighted by atomic mass is 9.71. The Morgan fingerprint density at radius 2 is 1.31 bits per heavy atom. The molecule has 45 heavy (non-hydrogen) atoms. The van der Waals surface area contributed by atoms with E-state index in [0.717, 1.165) is 34.6 Å². The number of hydrogen-bond acceptors (Lipinski definition) is 13. The van der Waals surface area contributed by atoms with E-state index in [4.69, 9.17) is 32.9 Å². The Labute approximate surface area is 257 Å². The van der Waals surface area contributed by atoms with Gasteiger partial charge in [-0.05, 0) is 0 Å². The molecule has 6 atom stereocenters. The topological polar surface area (TPSA) is 207 Å². The first-order chi connectivity index (χ1) is 21.0. The highest BCUT2D eigenvalue weighted by Crippen LogP contribution is 2.61. The van der Waals surface area contributed by atoms with Gasteiger partial charge in [-0.3, -0.25) is 24.0 Å². The van der Waals surface area contributed by atoms with Gasteiger partial charge in [0.1, 0.15) is 12.7 Å². The monoisotopic (exact) mass is 652 g/mol. The van der Waals surface area contributed by atoms with E-state index < -0.39 is 80.1 Å². The van der Waals surface area contributed by atoms with Gasteiger partial charge in [0.2, 0.25) is 5.60 Å². The Morgan fingerprint density at radius 3 is 1.76 bits per heavy atom. The Bertz CT molecular complexity index is 1440. The first-order valence-electron chi connectivity index (χ1n) is 13.4. The second-order valence-corrected chi connectivity index (χ2v) is 11.1. The fourth-order valence-corrected chi connectivity index (χ4v) is 5.80. The number of benzene rings is 2. The highest BCUT2D eigenvalue weighted by Gasteiger charge is 2.75. The average molecular weight is 653 g/mol. The molecule has 1 aliphatic heterocycles. The summed E-state index contributed by atoms with van der Waals surface area (Å²) < 4.78 is 52.4. The van der Waals surface area contributed by atoms with Gasteiger partial charge in [0, 0.05) is 45.7 Å². The Hall–Kier alpha value is -4.14. The molecule has 16 heteroatoms. The summed E-state index contributed by atoms with van der Waals surface area (Å²) in [5.41, 5.74) is -2.95. The van der Waals surface area contributed by atoms with Crippen molar-refractivity contribution in [3.05, 3.63) is 71.8 Å². The lowest BCUT2D eigenvalue weighted by Crippen LogP contribution is -2.74. The molecular weight excluding hydrogens is 619 g/mol. The van der Waals surface area contributed by atoms with Gasteiger partial charge in [0.15, 0.2) is 18.3 Å². The summed E-state index contributed by atoms with van der Waals surface area (Å²) in [6.07, 6.45) is -7.42. The minimum atomic E-state index is -5.69. The van der Waals surface area contributed by atoms with Crippen molar-refractivity contribution < 1.29 is 71.3 Å². The summed E-state index contributed by atoms with van der Waals surface area (Å²) in [5, 5.41) is 0. The maximum atomic E-state index is 13.0. The minimum Gasteiger partial charge on any atom is -0.462 e. The molecule has 244 valence electrons. The van der Waals surface area contributed by atoms with Gasteiger partial charge in [0.25, 0.3) is 5.79 Å². The van der Waals surface area contributed by atoms with E-state index in [-0.39, 0.29) is 11.1 Å². The number of esters is 5. The Balaban J connectivity index is 2.60. The number of carbonyl (C=O) groups excluding carboxylic acids is 5. The first-order valence-corrected chi connectivity index (χ1v) is 14.9. The van der Waals surface area contributed by atoms with Crippen LogP contribution in [0.1, 0.15) is 45.7 Å². The second kappa shape index (κ2) is 14.3. The van der Waals surface area contributed by atoms with E-state index in [9.17, 15) is 38.3 Å². The molecule has 1 heterocycles. The van der Waals surface area contributed by atoms with Gasteiger partial charge >= 0.3 is 37.7 Å². The van der Waals surface area contributed by atoms with Crippen LogP contribution in [-0.2, 0) is 72.9 Å². The van der Waals surface area contributed by atoms with E-state index in [0.29, 0.717) is 0 Å². The predicted molar refractivity (Wildman–Crippen MR) is 149 cm³/mol. The number of phosphoric acid groups is 1. The molecule has 0 aliphatic carbocycles. The number of phosphoric ester groups is 1. The zero-order valence-corrected chi connectivity index (χ0v) is 25.8. The number of carbonyl (C=O) groups is 5. The van der Waals surface area contributed by atoms with Crippen LogP contribution in [0.25, 0.3) is 0 Å². The zero-order valence-electron chi connectivity index (χ0n) is 24.9. The minimum absolute atomic E-state index is 0.0802. The van der Waals surface area contributed by atoms with Crippen LogP contribution < -0.4 is 0 Å². The SMILES string of the molecule is CC(=O)OC[C@H](OC(C)=O)[C@H]1O[C@@](OP(=O)(O)O)(c2ccccc2)[C@](OC(C)=O)(c2ccccc2)[C@@H](OC(C)=O)[C@@H]1OC(C)=O. The summed E-state index contributed by atoms with van der Waals surface area (Å²) in [6.45, 7) is 4.29. The highest BCUT2D eigenvalue weighted by atomic mass is 31.2. The smallest absolute Gasteiger partial charge is 0.462 e. The van der Waals surface area contributed by atoms with Crippen molar-refractivity contribution in [2.75, 3.05) is 6.61 Å². The molecule has 2 aromatic rings. The third-order valence-corrected chi connectivity index (χ3v) is 6.95. The zero-order chi connectivity index (χ0) is 33.6. The van der Waals surface area contributed by atoms with Crippen molar-refractivity contribution in [1.82, 2.24) is 0 Å². The third kappa shape index (κ3) is 8.12. The maximum Gasteiger partial charge on any atom is 0.472 e. The van der Waals surface area contributed by atoms with E-state index in [1.54, 1.807) is 12.1 Å². The number of rotatable bonds is 11. The molecule has 0 bridgehead atoms. The summed E-state index contributed by atoms with van der Waals surface area (Å²) in [5.74, 6) is -7.76. The second-order valence-electron chi connectivity index (χ2n) is 9.90. The summed E-state index contributed by atoms with van der Waals surface area (Å²) in [4.78, 5) is 83.0. The normalized spacial score (nSPS) is 25.3. The van der Waals surface area contributed by atoms with Crippen LogP contribution in [0.15, 0.2) is 60.7 Å². The maximum absolute atomic E-state index is 13.0. The van der Waals surface area contributed by atoms with E-state index in [1.165, 1.54) is 48.5 Å². The fraction of sp³-hybridized carbons (Fsp3) is 0.414. The third-order valence-electron chi connectivity index (χ3n) is 6.45. The van der Waals surface area contributed by atoms with Crippen LogP contribution in [-0.4, -0.2) is 70.7 Å². The molecular formula is C29H33O15P. The van der Waals surface area contributed by atoms with Crippen molar-refractivity contribution in [3.8, 4) is 0 Å². The van der Waals surface area contributed by atoms with Crippen LogP contribution in [0, 0.1) is 0 Å². The molecule has 3 rings (SSSR count). The molecule has 0 spiro atoms. The van der Waals surface area contributed by atoms with Crippen molar-refractivity contribution in [1.29, 1.82) is 0 Å². The lowest BCUT2D eigenvalue weighted by molar-refractivity contribution is -0.403. The van der Waals surface area contributed by atoms with Crippen LogP contribution in [0.5, 0.6) is 0 Å². The highest BCUT2D eigenvalue weighted by molar-refractivity contribution is 7.46. The molecule has 2 aromatic carbocycles. The Kier molecular flexibility index (Phi) is 11.2. The summed E-state index contributed by atoms with van der Waals surface area (Å²) >= 11 is 0. The van der Waals surface area contributed by atoms with Crippen LogP contribution in [0.2, 0.25) is 0 Å². The van der Waals surface area contributed by atoms with Crippen molar-refractivity contribution in [3.63, 3.8) is 0 Å². The molecule has 1 fully saturated rings. The van der Waals surface area contributed by atoms with E-state index in [2.05, 4.69) is 0 Å². The van der Waals surface area contributed by atoms with Gasteiger partial charge in [-0.25, -0.2) is 9.09 Å². The molecule has 0 saturated carbocycles. The number of ether oxygens (including phenoxy) is 6. The van der Waals surface area contributed by atoms with Crippen LogP contribution in [0.3, 0.4) is 0 Å². The predicted octanol–water partition coefficient (Wildman–Crippen LogP) is 2.16. The molecule has 0 radical (unpaired) electrons. The lowest BCUT2D eigenvalue weighted by Gasteiger charge is -2.58. The molecule has 1 aliphatic rings. The molecule has 0 amide bonds. The molecule has 15 nitrogen and oxygen atoms in total. The molecule has 0 unspecified atom stereocenters. The average Bonchev–Trinajstić information content (AvgIpc) is 2.93. The van der Waals surface area contributed by atoms with Crippen molar-refractivity contribution in [2.24, 2.45) is 0 Å². The fourth-order valence-electron chi connectivity index (χ4n) is 5.18. The largest absolute Gasteiger partial charge is 0.472 e. The van der Waals surface area contributed by atoms with Crippen molar-refractivity contribution in [2.45, 2.75) is 70.4 Å². The van der Waals surface area contributed by atoms with Crippen LogP contribution in [0.4, 0.5) is 0 Å². The van der Waals surface area contributed by atoms with Crippen LogP contribution >= 0.6 is 7.82 Å². The quantitative estimate of drug-likeness (QED) is 0.203. The van der Waals surface area contributed by atoms with E-state index >= 15 is 0 Å². The molecule has 1 saturated heterocycles. The summed E-state index contributed by atoms with van der Waals surface area (Å²) in [6, 6.07) is 14.4. The summed E-state index contributed by atoms with van der Waals surface area (Å²) in [7, 11) is -5.69. The van der Waals surface area contributed by atoms with E-state index in [1.807, 2.05) is 0 Å². The van der Waals surface area contributed by atoms with Gasteiger partial charge < -0.3 is 38.2 Å². The first kappa shape index (κ1) is 35.3.